The Balaban J connectivity index is 1.60. The molecule has 0 spiro atoms. The van der Waals surface area contributed by atoms with E-state index in [9.17, 15) is 10.1 Å². The summed E-state index contributed by atoms with van der Waals surface area (Å²) in [7, 11) is 0. The van der Waals surface area contributed by atoms with Gasteiger partial charge in [-0.2, -0.15) is 5.10 Å². The minimum atomic E-state index is -0.462. The molecule has 0 saturated carbocycles. The van der Waals surface area contributed by atoms with Crippen LogP contribution in [0.15, 0.2) is 97.3 Å². The lowest BCUT2D eigenvalue weighted by molar-refractivity contribution is -0.384. The van der Waals surface area contributed by atoms with Gasteiger partial charge in [-0.15, -0.1) is 0 Å². The quantitative estimate of drug-likeness (QED) is 0.264. The van der Waals surface area contributed by atoms with Crippen molar-refractivity contribution in [1.29, 1.82) is 0 Å². The van der Waals surface area contributed by atoms with Crippen LogP contribution in [0.5, 0.6) is 5.75 Å². The number of nitrogens with zero attached hydrogens (tertiary/aromatic N) is 4. The highest BCUT2D eigenvalue weighted by atomic mass is 16.6. The number of ether oxygens (including phenoxy) is 1. The number of rotatable bonds is 6. The minimum absolute atomic E-state index is 0.111. The van der Waals surface area contributed by atoms with E-state index in [2.05, 4.69) is 10.1 Å². The minimum Gasteiger partial charge on any atom is -0.488 e. The van der Waals surface area contributed by atoms with Gasteiger partial charge in [0.2, 0.25) is 5.82 Å². The van der Waals surface area contributed by atoms with Crippen molar-refractivity contribution in [3.05, 3.63) is 113 Å². The lowest BCUT2D eigenvalue weighted by atomic mass is 10.0. The summed E-state index contributed by atoms with van der Waals surface area (Å²) in [5.74, 6) is 0.851. The van der Waals surface area contributed by atoms with Crippen molar-refractivity contribution in [2.24, 2.45) is 0 Å². The molecule has 32 heavy (non-hydrogen) atoms. The molecule has 5 aromatic rings. The Morgan fingerprint density at radius 2 is 1.72 bits per heavy atom. The van der Waals surface area contributed by atoms with Crippen molar-refractivity contribution in [3.63, 3.8) is 0 Å². The molecule has 2 heterocycles. The zero-order valence-electron chi connectivity index (χ0n) is 17.0. The molecule has 7 nitrogen and oxygen atoms in total. The first kappa shape index (κ1) is 19.4. The lowest BCUT2D eigenvalue weighted by Gasteiger charge is -2.13. The lowest BCUT2D eigenvalue weighted by Crippen LogP contribution is -2.03. The first-order chi connectivity index (χ1) is 15.7. The molecule has 0 fully saturated rings. The second-order valence-corrected chi connectivity index (χ2v) is 7.18. The number of hydrogen-bond acceptors (Lipinski definition) is 5. The van der Waals surface area contributed by atoms with Crippen LogP contribution in [-0.2, 0) is 6.61 Å². The maximum Gasteiger partial charge on any atom is 0.313 e. The number of nitro groups is 1. The summed E-state index contributed by atoms with van der Waals surface area (Å²) in [4.78, 5) is 15.1. The SMILES string of the molecule is O=[N+]([O-])c1cccnc1-n1ccc(-c2c(OCc3ccccc3)ccc3ccccc23)n1. The Kier molecular flexibility index (Phi) is 5.05. The van der Waals surface area contributed by atoms with Crippen molar-refractivity contribution < 1.29 is 9.66 Å². The molecule has 0 aliphatic rings. The zero-order valence-corrected chi connectivity index (χ0v) is 17.0. The zero-order chi connectivity index (χ0) is 21.9. The van der Waals surface area contributed by atoms with E-state index in [0.29, 0.717) is 18.1 Å². The van der Waals surface area contributed by atoms with E-state index < -0.39 is 4.92 Å². The number of hydrogen-bond donors (Lipinski definition) is 0. The van der Waals surface area contributed by atoms with E-state index >= 15 is 0 Å². The second-order valence-electron chi connectivity index (χ2n) is 7.18. The molecule has 0 amide bonds. The van der Waals surface area contributed by atoms with Crippen molar-refractivity contribution >= 4 is 16.5 Å². The first-order valence-corrected chi connectivity index (χ1v) is 10.0. The Morgan fingerprint density at radius 3 is 2.56 bits per heavy atom. The van der Waals surface area contributed by atoms with Crippen molar-refractivity contribution in [1.82, 2.24) is 14.8 Å². The predicted octanol–water partition coefficient (Wildman–Crippen LogP) is 5.57. The van der Waals surface area contributed by atoms with Crippen LogP contribution in [0.1, 0.15) is 5.56 Å². The molecule has 5 rings (SSSR count). The maximum atomic E-state index is 11.4. The average molecular weight is 422 g/mol. The molecule has 0 saturated heterocycles. The average Bonchev–Trinajstić information content (AvgIpc) is 3.32. The Hall–Kier alpha value is -4.52. The van der Waals surface area contributed by atoms with Gasteiger partial charge in [0.15, 0.2) is 0 Å². The summed E-state index contributed by atoms with van der Waals surface area (Å²) < 4.78 is 7.62. The van der Waals surface area contributed by atoms with E-state index in [1.54, 1.807) is 6.20 Å². The number of fused-ring (bicyclic) bond motifs is 1. The van der Waals surface area contributed by atoms with Crippen LogP contribution in [0.2, 0.25) is 0 Å². The molecule has 7 heteroatoms. The molecule has 0 aliphatic carbocycles. The standard InChI is InChI=1S/C25H18N4O3/c30-29(31)22-11-6-15-26-25(22)28-16-14-21(27-28)24-20-10-5-4-9-19(20)12-13-23(24)32-17-18-7-2-1-3-8-18/h1-16H,17H2. The molecule has 3 aromatic carbocycles. The van der Waals surface area contributed by atoms with Gasteiger partial charge in [0.25, 0.3) is 0 Å². The Bertz CT molecular complexity index is 1410. The molecule has 0 N–H and O–H groups in total. The fourth-order valence-corrected chi connectivity index (χ4v) is 3.65. The molecule has 0 bridgehead atoms. The fraction of sp³-hybridized carbons (Fsp3) is 0.0400. The van der Waals surface area contributed by atoms with E-state index in [1.807, 2.05) is 72.8 Å². The third-order valence-electron chi connectivity index (χ3n) is 5.15. The second kappa shape index (κ2) is 8.31. The van der Waals surface area contributed by atoms with Crippen LogP contribution >= 0.6 is 0 Å². The summed E-state index contributed by atoms with van der Waals surface area (Å²) in [5, 5.41) is 18.1. The third-order valence-corrected chi connectivity index (χ3v) is 5.15. The molecular formula is C25H18N4O3. The van der Waals surface area contributed by atoms with Crippen LogP contribution in [0.4, 0.5) is 5.69 Å². The number of aromatic nitrogens is 3. The maximum absolute atomic E-state index is 11.4. The van der Waals surface area contributed by atoms with Crippen molar-refractivity contribution in [3.8, 4) is 22.8 Å². The van der Waals surface area contributed by atoms with Crippen LogP contribution in [-0.4, -0.2) is 19.7 Å². The van der Waals surface area contributed by atoms with Crippen LogP contribution in [0, 0.1) is 10.1 Å². The van der Waals surface area contributed by atoms with E-state index in [1.165, 1.54) is 23.0 Å². The summed E-state index contributed by atoms with van der Waals surface area (Å²) in [6.45, 7) is 0.415. The molecule has 0 unspecified atom stereocenters. The van der Waals surface area contributed by atoms with E-state index in [4.69, 9.17) is 4.74 Å². The molecule has 0 atom stereocenters. The van der Waals surface area contributed by atoms with Gasteiger partial charge in [-0.25, -0.2) is 9.67 Å². The van der Waals surface area contributed by atoms with Gasteiger partial charge in [0.1, 0.15) is 12.4 Å². The first-order valence-electron chi connectivity index (χ1n) is 10.0. The van der Waals surface area contributed by atoms with Gasteiger partial charge >= 0.3 is 5.69 Å². The molecular weight excluding hydrogens is 404 g/mol. The molecule has 156 valence electrons. The largest absolute Gasteiger partial charge is 0.488 e. The number of benzene rings is 3. The van der Waals surface area contributed by atoms with Gasteiger partial charge in [-0.1, -0.05) is 60.7 Å². The summed E-state index contributed by atoms with van der Waals surface area (Å²) in [5.41, 5.74) is 2.42. The highest BCUT2D eigenvalue weighted by molar-refractivity contribution is 5.98. The van der Waals surface area contributed by atoms with Gasteiger partial charge < -0.3 is 4.74 Å². The normalized spacial score (nSPS) is 10.9. The smallest absolute Gasteiger partial charge is 0.313 e. The fourth-order valence-electron chi connectivity index (χ4n) is 3.65. The van der Waals surface area contributed by atoms with Crippen LogP contribution in [0.25, 0.3) is 27.8 Å². The molecule has 2 aromatic heterocycles. The predicted molar refractivity (Wildman–Crippen MR) is 122 cm³/mol. The van der Waals surface area contributed by atoms with Crippen LogP contribution in [0.3, 0.4) is 0 Å². The van der Waals surface area contributed by atoms with Crippen molar-refractivity contribution in [2.45, 2.75) is 6.61 Å². The van der Waals surface area contributed by atoms with Gasteiger partial charge in [-0.05, 0) is 34.5 Å². The van der Waals surface area contributed by atoms with Gasteiger partial charge in [-0.3, -0.25) is 10.1 Å². The summed E-state index contributed by atoms with van der Waals surface area (Å²) in [6.07, 6.45) is 3.18. The Labute approximate surface area is 183 Å². The highest BCUT2D eigenvalue weighted by Crippen LogP contribution is 2.37. The topological polar surface area (TPSA) is 83.1 Å². The van der Waals surface area contributed by atoms with Crippen LogP contribution < -0.4 is 4.74 Å². The van der Waals surface area contributed by atoms with Gasteiger partial charge in [0.05, 0.1) is 16.2 Å². The van der Waals surface area contributed by atoms with E-state index in [0.717, 1.165) is 21.9 Å². The van der Waals surface area contributed by atoms with Gasteiger partial charge in [0, 0.05) is 18.5 Å². The summed E-state index contributed by atoms with van der Waals surface area (Å²) in [6, 6.07) is 26.6. The summed E-state index contributed by atoms with van der Waals surface area (Å²) >= 11 is 0. The molecule has 0 radical (unpaired) electrons. The monoisotopic (exact) mass is 422 g/mol. The molecule has 0 aliphatic heterocycles. The van der Waals surface area contributed by atoms with Crippen molar-refractivity contribution in [2.75, 3.05) is 0 Å². The third kappa shape index (κ3) is 3.67. The number of pyridine rings is 1. The van der Waals surface area contributed by atoms with E-state index in [-0.39, 0.29) is 11.5 Å². The Morgan fingerprint density at radius 1 is 0.906 bits per heavy atom. The highest BCUT2D eigenvalue weighted by Gasteiger charge is 2.19.